The van der Waals surface area contributed by atoms with Crippen LogP contribution in [0.25, 0.3) is 0 Å². The number of benzene rings is 1. The summed E-state index contributed by atoms with van der Waals surface area (Å²) in [5, 5.41) is 0. The van der Waals surface area contributed by atoms with Gasteiger partial charge in [-0.05, 0) is 44.7 Å². The van der Waals surface area contributed by atoms with E-state index in [1.165, 1.54) is 24.3 Å². The molecule has 0 aliphatic heterocycles. The van der Waals surface area contributed by atoms with E-state index in [0.717, 1.165) is 0 Å². The van der Waals surface area contributed by atoms with Crippen molar-refractivity contribution >= 4 is 17.7 Å². The van der Waals surface area contributed by atoms with Gasteiger partial charge in [-0.2, -0.15) is 13.2 Å². The summed E-state index contributed by atoms with van der Waals surface area (Å²) in [7, 11) is 0. The van der Waals surface area contributed by atoms with Gasteiger partial charge in [-0.1, -0.05) is 12.1 Å². The summed E-state index contributed by atoms with van der Waals surface area (Å²) >= 11 is -0.327. The Kier molecular flexibility index (Phi) is 4.86. The molecule has 1 rings (SSSR count). The van der Waals surface area contributed by atoms with Gasteiger partial charge >= 0.3 is 5.51 Å². The van der Waals surface area contributed by atoms with Crippen molar-refractivity contribution in [3.8, 4) is 0 Å². The molecule has 0 aliphatic carbocycles. The largest absolute Gasteiger partial charge is 0.446 e. The number of hydrogen-bond acceptors (Lipinski definition) is 3. The van der Waals surface area contributed by atoms with E-state index in [4.69, 9.17) is 4.84 Å². The molecule has 0 saturated carbocycles. The summed E-state index contributed by atoms with van der Waals surface area (Å²) in [5.74, 6) is -0.706. The van der Waals surface area contributed by atoms with E-state index in [1.54, 1.807) is 20.8 Å². The lowest BCUT2D eigenvalue weighted by Crippen LogP contribution is -2.33. The van der Waals surface area contributed by atoms with Crippen molar-refractivity contribution in [2.24, 2.45) is 0 Å². The van der Waals surface area contributed by atoms with Crippen molar-refractivity contribution in [3.63, 3.8) is 0 Å². The second-order valence-corrected chi connectivity index (χ2v) is 5.80. The molecule has 0 radical (unpaired) electrons. The molecule has 3 nitrogen and oxygen atoms in total. The van der Waals surface area contributed by atoms with Gasteiger partial charge in [-0.3, -0.25) is 9.63 Å². The fourth-order valence-corrected chi connectivity index (χ4v) is 1.79. The molecule has 0 atom stereocenters. The van der Waals surface area contributed by atoms with Crippen molar-refractivity contribution in [2.45, 2.75) is 36.8 Å². The Morgan fingerprint density at radius 3 is 2.32 bits per heavy atom. The minimum atomic E-state index is -4.44. The van der Waals surface area contributed by atoms with Gasteiger partial charge in [0.05, 0.1) is 11.2 Å². The Balaban J connectivity index is 2.85. The monoisotopic (exact) mass is 293 g/mol. The third kappa shape index (κ3) is 5.98. The fraction of sp³-hybridized carbons (Fsp3) is 0.417. The van der Waals surface area contributed by atoms with E-state index in [-0.39, 0.29) is 22.2 Å². The van der Waals surface area contributed by atoms with Gasteiger partial charge < -0.3 is 0 Å². The number of amides is 1. The van der Waals surface area contributed by atoms with Crippen LogP contribution >= 0.6 is 11.8 Å². The Labute approximate surface area is 113 Å². The highest BCUT2D eigenvalue weighted by atomic mass is 32.2. The maximum atomic E-state index is 12.4. The number of nitrogens with one attached hydrogen (secondary N) is 1. The molecule has 0 bridgehead atoms. The average Bonchev–Trinajstić information content (AvgIpc) is 2.23. The van der Waals surface area contributed by atoms with Crippen LogP contribution in [0.5, 0.6) is 0 Å². The highest BCUT2D eigenvalue weighted by Crippen LogP contribution is 2.38. The second kappa shape index (κ2) is 5.83. The van der Waals surface area contributed by atoms with Gasteiger partial charge in [0.1, 0.15) is 0 Å². The second-order valence-electron chi connectivity index (χ2n) is 4.69. The van der Waals surface area contributed by atoms with E-state index in [1.807, 2.05) is 0 Å². The number of thioether (sulfide) groups is 1. The van der Waals surface area contributed by atoms with Crippen molar-refractivity contribution in [1.82, 2.24) is 5.48 Å². The maximum absolute atomic E-state index is 12.4. The molecular weight excluding hydrogens is 279 g/mol. The van der Waals surface area contributed by atoms with E-state index < -0.39 is 17.0 Å². The zero-order valence-corrected chi connectivity index (χ0v) is 11.5. The number of hydrogen-bond donors (Lipinski definition) is 1. The molecule has 7 heteroatoms. The first-order chi connectivity index (χ1) is 8.58. The normalized spacial score (nSPS) is 12.3. The molecule has 0 saturated heterocycles. The Morgan fingerprint density at radius 1 is 1.21 bits per heavy atom. The van der Waals surface area contributed by atoms with Crippen LogP contribution in [-0.2, 0) is 4.84 Å². The molecule has 0 fully saturated rings. The predicted octanol–water partition coefficient (Wildman–Crippen LogP) is 3.76. The first-order valence-electron chi connectivity index (χ1n) is 5.41. The number of halogens is 3. The Morgan fingerprint density at radius 2 is 1.79 bits per heavy atom. The third-order valence-corrected chi connectivity index (χ3v) is 2.61. The standard InChI is InChI=1S/C12H14F3NO2S/c1-11(2,3)18-16-10(17)8-6-4-5-7-9(8)19-12(13,14)15/h4-7H,1-3H3,(H,16,17). The fourth-order valence-electron chi connectivity index (χ4n) is 1.12. The number of carbonyl (C=O) groups excluding carboxylic acids is 1. The average molecular weight is 293 g/mol. The maximum Gasteiger partial charge on any atom is 0.446 e. The van der Waals surface area contributed by atoms with E-state index in [2.05, 4.69) is 5.48 Å². The first-order valence-corrected chi connectivity index (χ1v) is 6.23. The molecule has 0 unspecified atom stereocenters. The summed E-state index contributed by atoms with van der Waals surface area (Å²) in [6.07, 6.45) is 0. The van der Waals surface area contributed by atoms with E-state index >= 15 is 0 Å². The molecule has 0 aromatic heterocycles. The van der Waals surface area contributed by atoms with Crippen LogP contribution in [0.2, 0.25) is 0 Å². The molecule has 0 heterocycles. The van der Waals surface area contributed by atoms with Gasteiger partial charge in [0.2, 0.25) is 0 Å². The highest BCUT2D eigenvalue weighted by molar-refractivity contribution is 8.00. The van der Waals surface area contributed by atoms with Crippen molar-refractivity contribution in [1.29, 1.82) is 0 Å². The smallest absolute Gasteiger partial charge is 0.268 e. The predicted molar refractivity (Wildman–Crippen MR) is 66.7 cm³/mol. The van der Waals surface area contributed by atoms with Crippen LogP contribution in [-0.4, -0.2) is 17.0 Å². The SMILES string of the molecule is CC(C)(C)ONC(=O)c1ccccc1SC(F)(F)F. The van der Waals surface area contributed by atoms with Gasteiger partial charge in [0.15, 0.2) is 0 Å². The zero-order valence-electron chi connectivity index (χ0n) is 10.7. The molecule has 1 N–H and O–H groups in total. The lowest BCUT2D eigenvalue weighted by Gasteiger charge is -2.19. The molecule has 19 heavy (non-hydrogen) atoms. The van der Waals surface area contributed by atoms with Crippen LogP contribution in [0.1, 0.15) is 31.1 Å². The quantitative estimate of drug-likeness (QED) is 0.681. The summed E-state index contributed by atoms with van der Waals surface area (Å²) in [5.41, 5.74) is -3.00. The summed E-state index contributed by atoms with van der Waals surface area (Å²) < 4.78 is 37.1. The van der Waals surface area contributed by atoms with Crippen molar-refractivity contribution in [3.05, 3.63) is 29.8 Å². The molecule has 1 aromatic carbocycles. The number of alkyl halides is 3. The van der Waals surface area contributed by atoms with Crippen LogP contribution in [0, 0.1) is 0 Å². The molecule has 106 valence electrons. The van der Waals surface area contributed by atoms with Gasteiger partial charge in [0, 0.05) is 4.90 Å². The van der Waals surface area contributed by atoms with E-state index in [9.17, 15) is 18.0 Å². The summed E-state index contributed by atoms with van der Waals surface area (Å²) in [4.78, 5) is 16.7. The minimum Gasteiger partial charge on any atom is -0.268 e. The number of hydroxylamine groups is 1. The van der Waals surface area contributed by atoms with Crippen LogP contribution < -0.4 is 5.48 Å². The van der Waals surface area contributed by atoms with Gasteiger partial charge in [0.25, 0.3) is 5.91 Å². The van der Waals surface area contributed by atoms with E-state index in [0.29, 0.717) is 0 Å². The summed E-state index contributed by atoms with van der Waals surface area (Å²) in [6, 6.07) is 5.49. The van der Waals surface area contributed by atoms with Gasteiger partial charge in [-0.15, -0.1) is 0 Å². The van der Waals surface area contributed by atoms with Crippen molar-refractivity contribution in [2.75, 3.05) is 0 Å². The molecule has 0 aliphatic rings. The van der Waals surface area contributed by atoms with Crippen LogP contribution in [0.4, 0.5) is 13.2 Å². The molecule has 1 aromatic rings. The first kappa shape index (κ1) is 15.8. The van der Waals surface area contributed by atoms with Crippen LogP contribution in [0.15, 0.2) is 29.2 Å². The van der Waals surface area contributed by atoms with Crippen molar-refractivity contribution < 1.29 is 22.8 Å². The molecular formula is C12H14F3NO2S. The lowest BCUT2D eigenvalue weighted by atomic mass is 10.2. The number of rotatable bonds is 3. The molecule has 0 spiro atoms. The van der Waals surface area contributed by atoms with Crippen LogP contribution in [0.3, 0.4) is 0 Å². The molecule has 1 amide bonds. The lowest BCUT2D eigenvalue weighted by molar-refractivity contribution is -0.0591. The minimum absolute atomic E-state index is 0.0749. The zero-order chi connectivity index (χ0) is 14.7. The Bertz CT molecular complexity index is 455. The third-order valence-electron chi connectivity index (χ3n) is 1.81. The topological polar surface area (TPSA) is 38.3 Å². The number of carbonyl (C=O) groups is 1. The summed E-state index contributed by atoms with van der Waals surface area (Å²) in [6.45, 7) is 5.14. The highest BCUT2D eigenvalue weighted by Gasteiger charge is 2.31. The Hall–Kier alpha value is -1.21. The van der Waals surface area contributed by atoms with Gasteiger partial charge in [-0.25, -0.2) is 5.48 Å².